The van der Waals surface area contributed by atoms with Crippen LogP contribution in [0.2, 0.25) is 0 Å². The summed E-state index contributed by atoms with van der Waals surface area (Å²) in [5.41, 5.74) is 2.58. The number of hydrogen-bond donors (Lipinski definition) is 1. The molecule has 1 aromatic heterocycles. The molecule has 1 amide bonds. The molecule has 0 aliphatic carbocycles. The van der Waals surface area contributed by atoms with Gasteiger partial charge in [-0.3, -0.25) is 14.7 Å². The van der Waals surface area contributed by atoms with Crippen molar-refractivity contribution in [1.29, 1.82) is 0 Å². The highest BCUT2D eigenvalue weighted by Gasteiger charge is 2.10. The van der Waals surface area contributed by atoms with Crippen LogP contribution in [-0.4, -0.2) is 28.4 Å². The van der Waals surface area contributed by atoms with E-state index in [9.17, 15) is 4.79 Å². The van der Waals surface area contributed by atoms with Crippen LogP contribution in [0.3, 0.4) is 0 Å². The lowest BCUT2D eigenvalue weighted by atomic mass is 10.1. The number of nitrogens with one attached hydrogen (secondary N) is 1. The van der Waals surface area contributed by atoms with Gasteiger partial charge in [0.25, 0.3) is 5.91 Å². The van der Waals surface area contributed by atoms with Crippen molar-refractivity contribution in [2.45, 2.75) is 33.4 Å². The molecule has 0 saturated carbocycles. The molecule has 2 rings (SSSR count). The monoisotopic (exact) mass is 297 g/mol. The van der Waals surface area contributed by atoms with Crippen LogP contribution in [0.1, 0.15) is 36.7 Å². The predicted molar refractivity (Wildman–Crippen MR) is 89.9 cm³/mol. The van der Waals surface area contributed by atoms with E-state index in [0.29, 0.717) is 11.6 Å². The van der Waals surface area contributed by atoms with E-state index in [1.807, 2.05) is 18.2 Å². The van der Waals surface area contributed by atoms with Crippen molar-refractivity contribution >= 4 is 11.6 Å². The first-order chi connectivity index (χ1) is 10.6. The van der Waals surface area contributed by atoms with Gasteiger partial charge in [-0.05, 0) is 50.2 Å². The first-order valence-corrected chi connectivity index (χ1v) is 7.64. The number of hydrogen-bond acceptors (Lipinski definition) is 3. The molecule has 1 N–H and O–H groups in total. The molecule has 0 atom stereocenters. The van der Waals surface area contributed by atoms with Crippen molar-refractivity contribution in [2.75, 3.05) is 11.9 Å². The van der Waals surface area contributed by atoms with Gasteiger partial charge < -0.3 is 5.32 Å². The van der Waals surface area contributed by atoms with E-state index in [2.05, 4.69) is 42.0 Å². The van der Waals surface area contributed by atoms with Crippen LogP contribution in [0.15, 0.2) is 48.8 Å². The molecule has 0 unspecified atom stereocenters. The Morgan fingerprint density at radius 3 is 2.59 bits per heavy atom. The number of aromatic nitrogens is 1. The molecule has 1 aromatic carbocycles. The zero-order valence-electron chi connectivity index (χ0n) is 13.4. The number of benzene rings is 1. The number of carbonyl (C=O) groups is 1. The van der Waals surface area contributed by atoms with E-state index in [1.54, 1.807) is 24.5 Å². The van der Waals surface area contributed by atoms with E-state index in [1.165, 1.54) is 0 Å². The van der Waals surface area contributed by atoms with Crippen LogP contribution in [0.25, 0.3) is 0 Å². The molecular weight excluding hydrogens is 274 g/mol. The topological polar surface area (TPSA) is 45.2 Å². The minimum Gasteiger partial charge on any atom is -0.322 e. The number of pyridine rings is 1. The fourth-order valence-corrected chi connectivity index (χ4v) is 2.34. The molecule has 1 heterocycles. The highest BCUT2D eigenvalue weighted by atomic mass is 16.1. The van der Waals surface area contributed by atoms with Crippen molar-refractivity contribution in [3.63, 3.8) is 0 Å². The van der Waals surface area contributed by atoms with Gasteiger partial charge in [-0.1, -0.05) is 19.1 Å². The van der Waals surface area contributed by atoms with Gasteiger partial charge >= 0.3 is 0 Å². The van der Waals surface area contributed by atoms with E-state index < -0.39 is 0 Å². The van der Waals surface area contributed by atoms with Crippen molar-refractivity contribution in [3.8, 4) is 0 Å². The molecule has 0 fully saturated rings. The maximum Gasteiger partial charge on any atom is 0.255 e. The molecular formula is C18H23N3O. The molecule has 0 bridgehead atoms. The number of nitrogens with zero attached hydrogens (tertiary/aromatic N) is 2. The third-order valence-corrected chi connectivity index (χ3v) is 3.65. The van der Waals surface area contributed by atoms with Crippen LogP contribution in [0.5, 0.6) is 0 Å². The van der Waals surface area contributed by atoms with Gasteiger partial charge in [0.2, 0.25) is 0 Å². The Morgan fingerprint density at radius 1 is 1.23 bits per heavy atom. The summed E-state index contributed by atoms with van der Waals surface area (Å²) in [5, 5.41) is 2.88. The summed E-state index contributed by atoms with van der Waals surface area (Å²) in [7, 11) is 0. The lowest BCUT2D eigenvalue weighted by molar-refractivity contribution is 0.102. The Balaban J connectivity index is 2.09. The molecule has 2 aromatic rings. The Morgan fingerprint density at radius 2 is 1.95 bits per heavy atom. The minimum absolute atomic E-state index is 0.0966. The van der Waals surface area contributed by atoms with Crippen molar-refractivity contribution in [3.05, 3.63) is 59.9 Å². The van der Waals surface area contributed by atoms with Gasteiger partial charge in [-0.15, -0.1) is 0 Å². The Labute approximate surface area is 132 Å². The Kier molecular flexibility index (Phi) is 5.67. The van der Waals surface area contributed by atoms with E-state index in [-0.39, 0.29) is 5.91 Å². The zero-order chi connectivity index (χ0) is 15.9. The van der Waals surface area contributed by atoms with E-state index in [4.69, 9.17) is 0 Å². The lowest BCUT2D eigenvalue weighted by Crippen LogP contribution is -2.30. The van der Waals surface area contributed by atoms with Crippen molar-refractivity contribution in [1.82, 2.24) is 9.88 Å². The maximum atomic E-state index is 12.3. The fourth-order valence-electron chi connectivity index (χ4n) is 2.34. The smallest absolute Gasteiger partial charge is 0.255 e. The van der Waals surface area contributed by atoms with Gasteiger partial charge in [0.1, 0.15) is 0 Å². The summed E-state index contributed by atoms with van der Waals surface area (Å²) in [6.07, 6.45) is 3.32. The van der Waals surface area contributed by atoms with Gasteiger partial charge in [0.15, 0.2) is 0 Å². The van der Waals surface area contributed by atoms with Crippen LogP contribution in [0.4, 0.5) is 5.69 Å². The van der Waals surface area contributed by atoms with E-state index >= 15 is 0 Å². The third-order valence-electron chi connectivity index (χ3n) is 3.65. The largest absolute Gasteiger partial charge is 0.322 e. The summed E-state index contributed by atoms with van der Waals surface area (Å²) in [4.78, 5) is 18.6. The lowest BCUT2D eigenvalue weighted by Gasteiger charge is -2.24. The second-order valence-electron chi connectivity index (χ2n) is 5.55. The standard InChI is InChI=1S/C18H23N3O/c1-4-21(14(2)3)13-15-6-5-7-16(12-15)18(22)20-17-8-10-19-11-9-17/h5-12,14H,4,13H2,1-3H3,(H,19,20,22). The average molecular weight is 297 g/mol. The van der Waals surface area contributed by atoms with Gasteiger partial charge in [0, 0.05) is 36.2 Å². The number of carbonyl (C=O) groups excluding carboxylic acids is 1. The van der Waals surface area contributed by atoms with E-state index in [0.717, 1.165) is 24.3 Å². The summed E-state index contributed by atoms with van der Waals surface area (Å²) in [5.74, 6) is -0.0966. The SMILES string of the molecule is CCN(Cc1cccc(C(=O)Nc2ccncc2)c1)C(C)C. The molecule has 0 aliphatic rings. The molecule has 0 spiro atoms. The highest BCUT2D eigenvalue weighted by molar-refractivity contribution is 6.04. The summed E-state index contributed by atoms with van der Waals surface area (Å²) >= 11 is 0. The van der Waals surface area contributed by atoms with Crippen LogP contribution in [-0.2, 0) is 6.54 Å². The predicted octanol–water partition coefficient (Wildman–Crippen LogP) is 3.56. The molecule has 0 aliphatic heterocycles. The van der Waals surface area contributed by atoms with Crippen LogP contribution < -0.4 is 5.32 Å². The zero-order valence-corrected chi connectivity index (χ0v) is 13.4. The second kappa shape index (κ2) is 7.71. The van der Waals surface area contributed by atoms with Crippen molar-refractivity contribution < 1.29 is 4.79 Å². The normalized spacial score (nSPS) is 11.0. The van der Waals surface area contributed by atoms with Gasteiger partial charge in [-0.25, -0.2) is 0 Å². The third kappa shape index (κ3) is 4.40. The first kappa shape index (κ1) is 16.2. The molecule has 0 radical (unpaired) electrons. The Hall–Kier alpha value is -2.20. The van der Waals surface area contributed by atoms with Gasteiger partial charge in [-0.2, -0.15) is 0 Å². The number of rotatable bonds is 6. The minimum atomic E-state index is -0.0966. The maximum absolute atomic E-state index is 12.3. The number of anilines is 1. The summed E-state index contributed by atoms with van der Waals surface area (Å²) in [6, 6.07) is 11.8. The number of amides is 1. The molecule has 116 valence electrons. The molecule has 4 nitrogen and oxygen atoms in total. The quantitative estimate of drug-likeness (QED) is 0.886. The first-order valence-electron chi connectivity index (χ1n) is 7.64. The Bertz CT molecular complexity index is 611. The van der Waals surface area contributed by atoms with Crippen molar-refractivity contribution in [2.24, 2.45) is 0 Å². The average Bonchev–Trinajstić information content (AvgIpc) is 2.53. The molecule has 22 heavy (non-hydrogen) atoms. The van der Waals surface area contributed by atoms with Gasteiger partial charge in [0.05, 0.1) is 0 Å². The summed E-state index contributed by atoms with van der Waals surface area (Å²) in [6.45, 7) is 8.36. The fraction of sp³-hybridized carbons (Fsp3) is 0.333. The summed E-state index contributed by atoms with van der Waals surface area (Å²) < 4.78 is 0. The molecule has 4 heteroatoms. The molecule has 0 saturated heterocycles. The van der Waals surface area contributed by atoms with Crippen LogP contribution >= 0.6 is 0 Å². The second-order valence-corrected chi connectivity index (χ2v) is 5.55. The van der Waals surface area contributed by atoms with Crippen LogP contribution in [0, 0.1) is 0 Å². The highest BCUT2D eigenvalue weighted by Crippen LogP contribution is 2.13.